The molecule has 0 fully saturated rings. The van der Waals surface area contributed by atoms with E-state index in [1.165, 1.54) is 4.90 Å². The summed E-state index contributed by atoms with van der Waals surface area (Å²) in [4.78, 5) is 26.5. The van der Waals surface area contributed by atoms with Crippen LogP contribution in [0.15, 0.2) is 42.5 Å². The summed E-state index contributed by atoms with van der Waals surface area (Å²) < 4.78 is 0. The van der Waals surface area contributed by atoms with Gasteiger partial charge in [-0.25, -0.2) is 0 Å². The Balaban J connectivity index is 2.23. The van der Waals surface area contributed by atoms with Gasteiger partial charge in [-0.15, -0.1) is 0 Å². The van der Waals surface area contributed by atoms with Gasteiger partial charge in [0.2, 0.25) is 11.8 Å². The van der Waals surface area contributed by atoms with Crippen LogP contribution in [0.4, 0.5) is 0 Å². The molecule has 7 heteroatoms. The van der Waals surface area contributed by atoms with Gasteiger partial charge in [0.15, 0.2) is 0 Å². The molecule has 0 heterocycles. The highest BCUT2D eigenvalue weighted by atomic mass is 35.5. The van der Waals surface area contributed by atoms with Crippen molar-refractivity contribution in [3.05, 3.63) is 68.7 Å². The summed E-state index contributed by atoms with van der Waals surface area (Å²) in [5.41, 5.74) is 1.61. The highest BCUT2D eigenvalue weighted by Crippen LogP contribution is 2.23. The second-order valence-electron chi connectivity index (χ2n) is 5.86. The fraction of sp³-hybridized carbons (Fsp3) is 0.263. The molecule has 26 heavy (non-hydrogen) atoms. The van der Waals surface area contributed by atoms with Gasteiger partial charge >= 0.3 is 0 Å². The minimum Gasteiger partial charge on any atom is -0.357 e. The van der Waals surface area contributed by atoms with Crippen LogP contribution >= 0.6 is 34.8 Å². The molecular weight excluding hydrogens is 395 g/mol. The van der Waals surface area contributed by atoms with Crippen molar-refractivity contribution in [1.29, 1.82) is 0 Å². The standard InChI is InChI=1S/C19H19Cl3N2O2/c1-12(19(26)23-2)24(11-13-3-6-15(20)7-4-13)18(25)10-14-5-8-16(21)17(22)9-14/h3-9,12H,10-11H2,1-2H3,(H,23,26)/t12-/m1/s1. The molecule has 2 rings (SSSR count). The van der Waals surface area contributed by atoms with Gasteiger partial charge in [0.25, 0.3) is 0 Å². The fourth-order valence-electron chi connectivity index (χ4n) is 2.50. The molecule has 0 aliphatic heterocycles. The molecule has 1 atom stereocenters. The number of carbonyl (C=O) groups excluding carboxylic acids is 2. The molecule has 1 N–H and O–H groups in total. The molecule has 0 radical (unpaired) electrons. The Hall–Kier alpha value is -1.75. The summed E-state index contributed by atoms with van der Waals surface area (Å²) in [5, 5.41) is 4.02. The van der Waals surface area contributed by atoms with Crippen LogP contribution in [0.25, 0.3) is 0 Å². The minimum atomic E-state index is -0.619. The summed E-state index contributed by atoms with van der Waals surface area (Å²) >= 11 is 17.9. The number of nitrogens with zero attached hydrogens (tertiary/aromatic N) is 1. The van der Waals surface area contributed by atoms with Gasteiger partial charge in [-0.1, -0.05) is 53.0 Å². The lowest BCUT2D eigenvalue weighted by molar-refractivity contribution is -0.139. The second kappa shape index (κ2) is 9.26. The van der Waals surface area contributed by atoms with E-state index in [2.05, 4.69) is 5.32 Å². The summed E-state index contributed by atoms with van der Waals surface area (Å²) in [6.07, 6.45) is 0.117. The van der Waals surface area contributed by atoms with E-state index < -0.39 is 6.04 Å². The maximum absolute atomic E-state index is 12.9. The van der Waals surface area contributed by atoms with Crippen LogP contribution in [0.2, 0.25) is 15.1 Å². The molecular formula is C19H19Cl3N2O2. The van der Waals surface area contributed by atoms with E-state index in [1.54, 1.807) is 44.3 Å². The van der Waals surface area contributed by atoms with Gasteiger partial charge in [-0.2, -0.15) is 0 Å². The molecule has 2 amide bonds. The van der Waals surface area contributed by atoms with Crippen molar-refractivity contribution in [3.8, 4) is 0 Å². The van der Waals surface area contributed by atoms with Crippen LogP contribution < -0.4 is 5.32 Å². The summed E-state index contributed by atoms with van der Waals surface area (Å²) in [5.74, 6) is -0.420. The van der Waals surface area contributed by atoms with Crippen LogP contribution in [0, 0.1) is 0 Å². The summed E-state index contributed by atoms with van der Waals surface area (Å²) in [6, 6.07) is 11.6. The van der Waals surface area contributed by atoms with Crippen molar-refractivity contribution in [1.82, 2.24) is 10.2 Å². The quantitative estimate of drug-likeness (QED) is 0.765. The molecule has 4 nitrogen and oxygen atoms in total. The Kier molecular flexibility index (Phi) is 7.33. The molecule has 0 aliphatic carbocycles. The van der Waals surface area contributed by atoms with Crippen LogP contribution in [0.1, 0.15) is 18.1 Å². The highest BCUT2D eigenvalue weighted by Gasteiger charge is 2.25. The smallest absolute Gasteiger partial charge is 0.242 e. The Morgan fingerprint density at radius 1 is 1.00 bits per heavy atom. The molecule has 2 aromatic carbocycles. The number of likely N-dealkylation sites (N-methyl/N-ethyl adjacent to an activating group) is 1. The van der Waals surface area contributed by atoms with Gasteiger partial charge in [0.1, 0.15) is 6.04 Å². The van der Waals surface area contributed by atoms with Gasteiger partial charge < -0.3 is 10.2 Å². The summed E-state index contributed by atoms with van der Waals surface area (Å²) in [6.45, 7) is 1.99. The molecule has 0 spiro atoms. The van der Waals surface area contributed by atoms with Gasteiger partial charge in [-0.05, 0) is 42.3 Å². The van der Waals surface area contributed by atoms with Gasteiger partial charge in [0.05, 0.1) is 16.5 Å². The van der Waals surface area contributed by atoms with E-state index in [9.17, 15) is 9.59 Å². The Morgan fingerprint density at radius 2 is 1.62 bits per heavy atom. The third kappa shape index (κ3) is 5.37. The normalized spacial score (nSPS) is 11.7. The van der Waals surface area contributed by atoms with E-state index in [0.29, 0.717) is 21.6 Å². The van der Waals surface area contributed by atoms with Crippen LogP contribution in [-0.4, -0.2) is 29.8 Å². The van der Waals surface area contributed by atoms with Crippen molar-refractivity contribution in [3.63, 3.8) is 0 Å². The predicted molar refractivity (Wildman–Crippen MR) is 106 cm³/mol. The molecule has 0 bridgehead atoms. The third-order valence-corrected chi connectivity index (χ3v) is 5.01. The largest absolute Gasteiger partial charge is 0.357 e. The molecule has 0 saturated carbocycles. The lowest BCUT2D eigenvalue weighted by Gasteiger charge is -2.28. The lowest BCUT2D eigenvalue weighted by atomic mass is 10.1. The van der Waals surface area contributed by atoms with Gasteiger partial charge in [-0.3, -0.25) is 9.59 Å². The first-order valence-corrected chi connectivity index (χ1v) is 9.14. The number of hydrogen-bond acceptors (Lipinski definition) is 2. The van der Waals surface area contributed by atoms with Crippen LogP contribution in [0.3, 0.4) is 0 Å². The van der Waals surface area contributed by atoms with Crippen LogP contribution in [-0.2, 0) is 22.6 Å². The minimum absolute atomic E-state index is 0.117. The average molecular weight is 414 g/mol. The number of nitrogens with one attached hydrogen (secondary N) is 1. The Bertz CT molecular complexity index is 794. The van der Waals surface area contributed by atoms with E-state index in [-0.39, 0.29) is 18.2 Å². The van der Waals surface area contributed by atoms with Crippen molar-refractivity contribution in [2.45, 2.75) is 25.9 Å². The zero-order chi connectivity index (χ0) is 19.3. The molecule has 0 aromatic heterocycles. The number of carbonyl (C=O) groups is 2. The first kappa shape index (κ1) is 20.6. The Morgan fingerprint density at radius 3 is 2.19 bits per heavy atom. The van der Waals surface area contributed by atoms with E-state index >= 15 is 0 Å². The highest BCUT2D eigenvalue weighted by molar-refractivity contribution is 6.42. The predicted octanol–water partition coefficient (Wildman–Crippen LogP) is 4.35. The molecule has 0 saturated heterocycles. The van der Waals surface area contributed by atoms with Crippen molar-refractivity contribution < 1.29 is 9.59 Å². The third-order valence-electron chi connectivity index (χ3n) is 4.02. The maximum atomic E-state index is 12.9. The van der Waals surface area contributed by atoms with Crippen molar-refractivity contribution in [2.24, 2.45) is 0 Å². The Labute approximate surface area is 168 Å². The first-order chi connectivity index (χ1) is 12.3. The van der Waals surface area contributed by atoms with Crippen molar-refractivity contribution >= 4 is 46.6 Å². The molecule has 0 unspecified atom stereocenters. The SMILES string of the molecule is CNC(=O)[C@@H](C)N(Cc1ccc(Cl)cc1)C(=O)Cc1ccc(Cl)c(Cl)c1. The zero-order valence-electron chi connectivity index (χ0n) is 14.4. The van der Waals surface area contributed by atoms with Gasteiger partial charge in [0, 0.05) is 18.6 Å². The average Bonchev–Trinajstić information content (AvgIpc) is 2.63. The fourth-order valence-corrected chi connectivity index (χ4v) is 2.95. The van der Waals surface area contributed by atoms with E-state index in [1.807, 2.05) is 12.1 Å². The molecule has 138 valence electrons. The topological polar surface area (TPSA) is 49.4 Å². The second-order valence-corrected chi connectivity index (χ2v) is 7.11. The molecule has 0 aliphatic rings. The number of hydrogen-bond donors (Lipinski definition) is 1. The maximum Gasteiger partial charge on any atom is 0.242 e. The number of rotatable bonds is 6. The number of halogens is 3. The monoisotopic (exact) mass is 412 g/mol. The summed E-state index contributed by atoms with van der Waals surface area (Å²) in [7, 11) is 1.54. The number of benzene rings is 2. The van der Waals surface area contributed by atoms with Crippen molar-refractivity contribution in [2.75, 3.05) is 7.05 Å². The van der Waals surface area contributed by atoms with E-state index in [0.717, 1.165) is 11.1 Å². The first-order valence-electron chi connectivity index (χ1n) is 8.01. The zero-order valence-corrected chi connectivity index (χ0v) is 16.7. The van der Waals surface area contributed by atoms with E-state index in [4.69, 9.17) is 34.8 Å². The molecule has 2 aromatic rings. The number of amides is 2. The van der Waals surface area contributed by atoms with Crippen LogP contribution in [0.5, 0.6) is 0 Å². The lowest BCUT2D eigenvalue weighted by Crippen LogP contribution is -2.47.